The molecule has 138 valence electrons. The van der Waals surface area contributed by atoms with Crippen molar-refractivity contribution in [1.82, 2.24) is 24.7 Å². The second-order valence-corrected chi connectivity index (χ2v) is 7.26. The summed E-state index contributed by atoms with van der Waals surface area (Å²) in [5, 5.41) is 2.92. The first-order valence-corrected chi connectivity index (χ1v) is 9.51. The van der Waals surface area contributed by atoms with Gasteiger partial charge >= 0.3 is 6.03 Å². The fraction of sp³-hybridized carbons (Fsp3) is 0.500. The van der Waals surface area contributed by atoms with Crippen molar-refractivity contribution >= 4 is 6.03 Å². The van der Waals surface area contributed by atoms with Gasteiger partial charge in [0.2, 0.25) is 0 Å². The Morgan fingerprint density at radius 2 is 1.88 bits per heavy atom. The van der Waals surface area contributed by atoms with Crippen LogP contribution in [0.15, 0.2) is 36.5 Å². The third-order valence-corrected chi connectivity index (χ3v) is 5.94. The van der Waals surface area contributed by atoms with Crippen LogP contribution in [0.3, 0.4) is 0 Å². The topological polar surface area (TPSA) is 53.4 Å². The summed E-state index contributed by atoms with van der Waals surface area (Å²) in [6.07, 6.45) is 3.86. The van der Waals surface area contributed by atoms with E-state index in [9.17, 15) is 4.79 Å². The molecule has 0 radical (unpaired) electrons. The zero-order valence-electron chi connectivity index (χ0n) is 15.6. The van der Waals surface area contributed by atoms with E-state index >= 15 is 0 Å². The van der Waals surface area contributed by atoms with Crippen LogP contribution in [0, 0.1) is 0 Å². The zero-order valence-corrected chi connectivity index (χ0v) is 15.6. The Balaban J connectivity index is 1.64. The number of carbonyl (C=O) groups excluding carboxylic acids is 1. The minimum absolute atomic E-state index is 0.0501. The molecule has 1 aromatic carbocycles. The smallest absolute Gasteiger partial charge is 0.317 e. The van der Waals surface area contributed by atoms with Crippen molar-refractivity contribution in [2.45, 2.75) is 31.8 Å². The van der Waals surface area contributed by atoms with Gasteiger partial charge in [-0.3, -0.25) is 4.90 Å². The quantitative estimate of drug-likeness (QED) is 0.903. The van der Waals surface area contributed by atoms with E-state index in [4.69, 9.17) is 4.98 Å². The molecule has 3 heterocycles. The fourth-order valence-corrected chi connectivity index (χ4v) is 4.40. The lowest BCUT2D eigenvalue weighted by Gasteiger charge is -2.49. The number of urea groups is 1. The highest BCUT2D eigenvalue weighted by Crippen LogP contribution is 2.41. The molecule has 0 unspecified atom stereocenters. The molecule has 6 nitrogen and oxygen atoms in total. The number of imidazole rings is 1. The number of amides is 2. The summed E-state index contributed by atoms with van der Waals surface area (Å²) in [6.45, 7) is 6.13. The third-order valence-electron chi connectivity index (χ3n) is 5.94. The molecule has 26 heavy (non-hydrogen) atoms. The normalized spacial score (nSPS) is 19.4. The highest BCUT2D eigenvalue weighted by molar-refractivity contribution is 5.74. The molecular weight excluding hydrogens is 326 g/mol. The number of likely N-dealkylation sites (tertiary alicyclic amines) is 1. The van der Waals surface area contributed by atoms with Gasteiger partial charge in [-0.05, 0) is 32.4 Å². The summed E-state index contributed by atoms with van der Waals surface area (Å²) in [6, 6.07) is 10.5. The van der Waals surface area contributed by atoms with Crippen LogP contribution in [0.5, 0.6) is 0 Å². The minimum atomic E-state index is -0.0751. The van der Waals surface area contributed by atoms with Crippen molar-refractivity contribution < 1.29 is 4.79 Å². The lowest BCUT2D eigenvalue weighted by Crippen LogP contribution is -2.58. The molecule has 1 N–H and O–H groups in total. The Hall–Kier alpha value is -2.34. The third kappa shape index (κ3) is 2.69. The van der Waals surface area contributed by atoms with Crippen LogP contribution in [0.1, 0.15) is 25.6 Å². The van der Waals surface area contributed by atoms with E-state index in [1.165, 1.54) is 11.3 Å². The Morgan fingerprint density at radius 3 is 2.58 bits per heavy atom. The number of piperidine rings is 1. The van der Waals surface area contributed by atoms with Gasteiger partial charge in [0.25, 0.3) is 0 Å². The number of nitrogens with one attached hydrogen (secondary N) is 1. The summed E-state index contributed by atoms with van der Waals surface area (Å²) in [7, 11) is 2.20. The predicted octanol–water partition coefficient (Wildman–Crippen LogP) is 2.52. The number of aromatic nitrogens is 2. The van der Waals surface area contributed by atoms with Crippen molar-refractivity contribution in [1.29, 1.82) is 0 Å². The van der Waals surface area contributed by atoms with Crippen molar-refractivity contribution in [2.75, 3.05) is 33.2 Å². The number of hydrogen-bond donors (Lipinski definition) is 1. The van der Waals surface area contributed by atoms with Crippen LogP contribution in [0.25, 0.3) is 11.3 Å². The van der Waals surface area contributed by atoms with Crippen LogP contribution in [-0.4, -0.2) is 58.6 Å². The lowest BCUT2D eigenvalue weighted by atomic mass is 9.83. The van der Waals surface area contributed by atoms with Crippen LogP contribution in [-0.2, 0) is 12.1 Å². The molecule has 2 aliphatic rings. The molecule has 0 bridgehead atoms. The van der Waals surface area contributed by atoms with Crippen molar-refractivity contribution in [3.8, 4) is 11.3 Å². The van der Waals surface area contributed by atoms with Gasteiger partial charge in [0.05, 0.1) is 17.4 Å². The number of carbonyl (C=O) groups is 1. The van der Waals surface area contributed by atoms with Gasteiger partial charge in [0.1, 0.15) is 5.82 Å². The van der Waals surface area contributed by atoms with Gasteiger partial charge in [0.15, 0.2) is 0 Å². The van der Waals surface area contributed by atoms with E-state index in [1.807, 2.05) is 24.1 Å². The highest BCUT2D eigenvalue weighted by Gasteiger charge is 2.46. The molecule has 2 aromatic rings. The molecule has 2 aliphatic heterocycles. The van der Waals surface area contributed by atoms with Crippen molar-refractivity contribution in [2.24, 2.45) is 0 Å². The summed E-state index contributed by atoms with van der Waals surface area (Å²) in [5.74, 6) is 1.15. The Bertz CT molecular complexity index is 777. The molecule has 1 aromatic heterocycles. The monoisotopic (exact) mass is 353 g/mol. The van der Waals surface area contributed by atoms with Gasteiger partial charge < -0.3 is 14.8 Å². The van der Waals surface area contributed by atoms with E-state index in [2.05, 4.69) is 46.1 Å². The second kappa shape index (κ2) is 6.76. The van der Waals surface area contributed by atoms with E-state index in [0.29, 0.717) is 6.54 Å². The van der Waals surface area contributed by atoms with Crippen LogP contribution < -0.4 is 5.32 Å². The average Bonchev–Trinajstić information content (AvgIpc) is 3.11. The van der Waals surface area contributed by atoms with E-state index < -0.39 is 0 Å². The number of rotatable bonds is 2. The van der Waals surface area contributed by atoms with Crippen LogP contribution in [0.2, 0.25) is 0 Å². The molecule has 1 saturated heterocycles. The van der Waals surface area contributed by atoms with Gasteiger partial charge in [-0.25, -0.2) is 9.78 Å². The van der Waals surface area contributed by atoms with E-state index in [-0.39, 0.29) is 11.6 Å². The average molecular weight is 353 g/mol. The van der Waals surface area contributed by atoms with Gasteiger partial charge in [-0.15, -0.1) is 0 Å². The number of benzene rings is 1. The minimum Gasteiger partial charge on any atom is -0.338 e. The summed E-state index contributed by atoms with van der Waals surface area (Å²) >= 11 is 0. The van der Waals surface area contributed by atoms with Gasteiger partial charge in [-0.1, -0.05) is 30.3 Å². The number of fused-ring (bicyclic) bond motifs is 2. The molecule has 2 amide bonds. The highest BCUT2D eigenvalue weighted by atomic mass is 16.2. The summed E-state index contributed by atoms with van der Waals surface area (Å²) in [4.78, 5) is 21.4. The number of nitrogens with zero attached hydrogens (tertiary/aromatic N) is 4. The van der Waals surface area contributed by atoms with Gasteiger partial charge in [0, 0.05) is 32.7 Å². The van der Waals surface area contributed by atoms with Crippen molar-refractivity contribution in [3.05, 3.63) is 42.4 Å². The lowest BCUT2D eigenvalue weighted by molar-refractivity contribution is 0.0187. The first-order chi connectivity index (χ1) is 12.7. The number of likely N-dealkylation sites (N-methyl/N-ethyl adjacent to an activating group) is 1. The molecule has 0 saturated carbocycles. The fourth-order valence-electron chi connectivity index (χ4n) is 4.40. The summed E-state index contributed by atoms with van der Waals surface area (Å²) in [5.41, 5.74) is 2.33. The molecule has 4 rings (SSSR count). The Morgan fingerprint density at radius 1 is 1.15 bits per heavy atom. The predicted molar refractivity (Wildman–Crippen MR) is 102 cm³/mol. The summed E-state index contributed by atoms with van der Waals surface area (Å²) < 4.78 is 2.39. The van der Waals surface area contributed by atoms with Crippen LogP contribution in [0.4, 0.5) is 4.79 Å². The molecular formula is C20H27N5O. The standard InChI is InChI=1S/C20H27N5O/c1-3-21-19(26)24-11-9-20(10-12-24)18-22-15-17(16-7-5-4-6-8-16)25(18)14-13-23(20)2/h4-8,15H,3,9-14H2,1-2H3,(H,21,26). The molecule has 1 fully saturated rings. The van der Waals surface area contributed by atoms with E-state index in [1.54, 1.807) is 0 Å². The molecule has 6 heteroatoms. The van der Waals surface area contributed by atoms with Gasteiger partial charge in [-0.2, -0.15) is 0 Å². The maximum atomic E-state index is 12.2. The molecule has 0 atom stereocenters. The molecule has 1 spiro atoms. The maximum absolute atomic E-state index is 12.2. The van der Waals surface area contributed by atoms with E-state index in [0.717, 1.165) is 44.8 Å². The Kier molecular flexibility index (Phi) is 4.44. The molecule has 0 aliphatic carbocycles. The van der Waals surface area contributed by atoms with Crippen molar-refractivity contribution in [3.63, 3.8) is 0 Å². The maximum Gasteiger partial charge on any atom is 0.317 e. The first-order valence-electron chi connectivity index (χ1n) is 9.51. The largest absolute Gasteiger partial charge is 0.338 e. The second-order valence-electron chi connectivity index (χ2n) is 7.26. The zero-order chi connectivity index (χ0) is 18.1. The SMILES string of the molecule is CCNC(=O)N1CCC2(CC1)c1ncc(-c3ccccc3)n1CCN2C. The van der Waals surface area contributed by atoms with Crippen LogP contribution >= 0.6 is 0 Å². The number of hydrogen-bond acceptors (Lipinski definition) is 3. The first kappa shape index (κ1) is 17.1. The Labute approximate surface area is 154 Å².